The lowest BCUT2D eigenvalue weighted by Crippen LogP contribution is -2.08. The molecule has 0 bridgehead atoms. The van der Waals surface area contributed by atoms with Gasteiger partial charge in [-0.2, -0.15) is 5.10 Å². The molecule has 0 aromatic carbocycles. The zero-order valence-electron chi connectivity index (χ0n) is 7.73. The molecule has 1 aromatic rings. The van der Waals surface area contributed by atoms with Crippen LogP contribution in [-0.2, 0) is 16.4 Å². The van der Waals surface area contributed by atoms with E-state index < -0.39 is 15.1 Å². The molecule has 1 fully saturated rings. The van der Waals surface area contributed by atoms with Crippen molar-refractivity contribution in [2.75, 3.05) is 5.75 Å². The fraction of sp³-hybridized carbons (Fsp3) is 0.625. The molecular weight excluding hydrogens is 202 g/mol. The Hall–Kier alpha value is -0.880. The second-order valence-corrected chi connectivity index (χ2v) is 5.82. The molecule has 0 aliphatic carbocycles. The summed E-state index contributed by atoms with van der Waals surface area (Å²) in [5, 5.41) is 6.29. The van der Waals surface area contributed by atoms with Gasteiger partial charge in [-0.1, -0.05) is 0 Å². The lowest BCUT2D eigenvalue weighted by molar-refractivity contribution is 0.590. The second-order valence-electron chi connectivity index (χ2n) is 3.52. The van der Waals surface area contributed by atoms with Crippen molar-refractivity contribution in [3.8, 4) is 0 Å². The number of nitrogens with two attached hydrogens (primary N) is 1. The molecule has 1 unspecified atom stereocenters. The van der Waals surface area contributed by atoms with Crippen molar-refractivity contribution in [2.45, 2.75) is 24.6 Å². The second kappa shape index (κ2) is 3.36. The van der Waals surface area contributed by atoms with Gasteiger partial charge in [0.15, 0.2) is 9.84 Å². The summed E-state index contributed by atoms with van der Waals surface area (Å²) < 4.78 is 23.1. The molecular formula is C8H13N3O2S. The van der Waals surface area contributed by atoms with Crippen LogP contribution >= 0.6 is 0 Å². The zero-order chi connectivity index (χ0) is 10.2. The average molecular weight is 215 g/mol. The number of hydrogen-bond donors (Lipinski definition) is 2. The Kier molecular flexibility index (Phi) is 2.32. The number of aromatic nitrogens is 2. The summed E-state index contributed by atoms with van der Waals surface area (Å²) in [6.07, 6.45) is 1.41. The van der Waals surface area contributed by atoms with Crippen molar-refractivity contribution in [1.29, 1.82) is 0 Å². The van der Waals surface area contributed by atoms with Crippen LogP contribution in [0.1, 0.15) is 29.5 Å². The van der Waals surface area contributed by atoms with Crippen LogP contribution in [0.3, 0.4) is 0 Å². The predicted molar refractivity (Wildman–Crippen MR) is 52.2 cm³/mol. The van der Waals surface area contributed by atoms with Crippen LogP contribution in [-0.4, -0.2) is 24.4 Å². The predicted octanol–water partition coefficient (Wildman–Crippen LogP) is 0.118. The van der Waals surface area contributed by atoms with E-state index in [9.17, 15) is 8.42 Å². The molecule has 0 radical (unpaired) electrons. The molecule has 1 aliphatic heterocycles. The molecule has 2 rings (SSSR count). The maximum Gasteiger partial charge on any atom is 0.158 e. The highest BCUT2D eigenvalue weighted by Gasteiger charge is 2.34. The van der Waals surface area contributed by atoms with E-state index in [1.165, 1.54) is 0 Å². The maximum absolute atomic E-state index is 11.6. The van der Waals surface area contributed by atoms with Crippen molar-refractivity contribution in [1.82, 2.24) is 10.2 Å². The van der Waals surface area contributed by atoms with Gasteiger partial charge in [-0.3, -0.25) is 5.10 Å². The molecule has 1 aliphatic rings. The normalized spacial score (nSPS) is 25.4. The topological polar surface area (TPSA) is 88.8 Å². The van der Waals surface area contributed by atoms with Gasteiger partial charge in [-0.05, 0) is 18.9 Å². The summed E-state index contributed by atoms with van der Waals surface area (Å²) in [5.74, 6) is 0.280. The zero-order valence-corrected chi connectivity index (χ0v) is 8.55. The number of nitrogens with zero attached hydrogens (tertiary/aromatic N) is 1. The van der Waals surface area contributed by atoms with Gasteiger partial charge in [0, 0.05) is 12.2 Å². The van der Waals surface area contributed by atoms with Crippen molar-refractivity contribution in [2.24, 2.45) is 5.73 Å². The van der Waals surface area contributed by atoms with Crippen LogP contribution in [0, 0.1) is 0 Å². The smallest absolute Gasteiger partial charge is 0.158 e. The van der Waals surface area contributed by atoms with Gasteiger partial charge in [-0.15, -0.1) is 0 Å². The van der Waals surface area contributed by atoms with Gasteiger partial charge in [0.25, 0.3) is 0 Å². The Morgan fingerprint density at radius 2 is 2.43 bits per heavy atom. The standard InChI is InChI=1S/C8H13N3O2S/c9-5-6-4-7(11-10-6)8-2-1-3-14(8,12)13/h4,8H,1-3,5,9H2,(H,10,11). The van der Waals surface area contributed by atoms with Gasteiger partial charge in [0.05, 0.1) is 11.4 Å². The first-order chi connectivity index (χ1) is 6.63. The summed E-state index contributed by atoms with van der Waals surface area (Å²) in [5.41, 5.74) is 6.80. The van der Waals surface area contributed by atoms with E-state index >= 15 is 0 Å². The highest BCUT2D eigenvalue weighted by Crippen LogP contribution is 2.33. The Balaban J connectivity index is 2.31. The monoisotopic (exact) mass is 215 g/mol. The minimum atomic E-state index is -2.96. The van der Waals surface area contributed by atoms with Crippen molar-refractivity contribution >= 4 is 9.84 Å². The van der Waals surface area contributed by atoms with Crippen LogP contribution in [0.25, 0.3) is 0 Å². The molecule has 78 valence electrons. The Morgan fingerprint density at radius 1 is 1.64 bits per heavy atom. The molecule has 2 heterocycles. The molecule has 0 spiro atoms. The van der Waals surface area contributed by atoms with Gasteiger partial charge in [-0.25, -0.2) is 8.42 Å². The third-order valence-corrected chi connectivity index (χ3v) is 4.73. The van der Waals surface area contributed by atoms with E-state index in [0.717, 1.165) is 12.1 Å². The summed E-state index contributed by atoms with van der Waals surface area (Å²) in [4.78, 5) is 0. The van der Waals surface area contributed by atoms with Crippen LogP contribution in [0.2, 0.25) is 0 Å². The van der Waals surface area contributed by atoms with Gasteiger partial charge < -0.3 is 5.73 Å². The van der Waals surface area contributed by atoms with Crippen molar-refractivity contribution < 1.29 is 8.42 Å². The number of aromatic amines is 1. The SMILES string of the molecule is NCc1cc(C2CCCS2(=O)=O)n[nH]1. The van der Waals surface area contributed by atoms with Crippen LogP contribution < -0.4 is 5.73 Å². The minimum absolute atomic E-state index is 0.280. The molecule has 5 nitrogen and oxygen atoms in total. The minimum Gasteiger partial charge on any atom is -0.325 e. The average Bonchev–Trinajstić information content (AvgIpc) is 2.70. The fourth-order valence-corrected chi connectivity index (χ4v) is 3.64. The summed E-state index contributed by atoms with van der Waals surface area (Å²) in [6, 6.07) is 1.74. The van der Waals surface area contributed by atoms with E-state index in [1.807, 2.05) is 0 Å². The van der Waals surface area contributed by atoms with E-state index in [4.69, 9.17) is 5.73 Å². The maximum atomic E-state index is 11.6. The van der Waals surface area contributed by atoms with Crippen LogP contribution in [0.5, 0.6) is 0 Å². The molecule has 0 saturated carbocycles. The first-order valence-electron chi connectivity index (χ1n) is 4.59. The molecule has 3 N–H and O–H groups in total. The quantitative estimate of drug-likeness (QED) is 0.733. The fourth-order valence-electron chi connectivity index (χ4n) is 1.77. The number of sulfone groups is 1. The lowest BCUT2D eigenvalue weighted by atomic mass is 10.2. The van der Waals surface area contributed by atoms with Crippen LogP contribution in [0.4, 0.5) is 0 Å². The summed E-state index contributed by atoms with van der Waals surface area (Å²) >= 11 is 0. The first-order valence-corrected chi connectivity index (χ1v) is 6.31. The summed E-state index contributed by atoms with van der Waals surface area (Å²) in [7, 11) is -2.96. The van der Waals surface area contributed by atoms with Crippen molar-refractivity contribution in [3.63, 3.8) is 0 Å². The summed E-state index contributed by atoms with van der Waals surface area (Å²) in [6.45, 7) is 0.361. The molecule has 0 amide bonds. The third-order valence-electron chi connectivity index (χ3n) is 2.53. The number of hydrogen-bond acceptors (Lipinski definition) is 4. The van der Waals surface area contributed by atoms with Gasteiger partial charge >= 0.3 is 0 Å². The third kappa shape index (κ3) is 1.55. The lowest BCUT2D eigenvalue weighted by Gasteiger charge is -2.03. The largest absolute Gasteiger partial charge is 0.325 e. The number of nitrogens with one attached hydrogen (secondary N) is 1. The highest BCUT2D eigenvalue weighted by molar-refractivity contribution is 7.91. The van der Waals surface area contributed by atoms with Gasteiger partial charge in [0.2, 0.25) is 0 Å². The highest BCUT2D eigenvalue weighted by atomic mass is 32.2. The van der Waals surface area contributed by atoms with E-state index in [-0.39, 0.29) is 5.75 Å². The molecule has 6 heteroatoms. The molecule has 1 saturated heterocycles. The van der Waals surface area contributed by atoms with E-state index in [1.54, 1.807) is 6.07 Å². The van der Waals surface area contributed by atoms with Crippen molar-refractivity contribution in [3.05, 3.63) is 17.5 Å². The number of H-pyrrole nitrogens is 1. The Labute approximate surface area is 82.6 Å². The first kappa shape index (κ1) is 9.67. The Morgan fingerprint density at radius 3 is 2.93 bits per heavy atom. The Bertz CT molecular complexity index is 424. The van der Waals surface area contributed by atoms with E-state index in [0.29, 0.717) is 18.7 Å². The molecule has 14 heavy (non-hydrogen) atoms. The van der Waals surface area contributed by atoms with E-state index in [2.05, 4.69) is 10.2 Å². The van der Waals surface area contributed by atoms with Crippen LogP contribution in [0.15, 0.2) is 6.07 Å². The number of rotatable bonds is 2. The molecule has 1 aromatic heterocycles. The molecule has 1 atom stereocenters. The van der Waals surface area contributed by atoms with Gasteiger partial charge in [0.1, 0.15) is 5.25 Å².